The van der Waals surface area contributed by atoms with Crippen LogP contribution in [0.3, 0.4) is 0 Å². The Kier molecular flexibility index (Phi) is 6.20. The van der Waals surface area contributed by atoms with Crippen LogP contribution in [0.1, 0.15) is 35.5 Å². The van der Waals surface area contributed by atoms with Crippen LogP contribution >= 0.6 is 0 Å². The minimum absolute atomic E-state index is 0.00473. The quantitative estimate of drug-likeness (QED) is 0.772. The summed E-state index contributed by atoms with van der Waals surface area (Å²) in [6.07, 6.45) is 0.431. The molecule has 0 bridgehead atoms. The molecule has 27 heavy (non-hydrogen) atoms. The summed E-state index contributed by atoms with van der Waals surface area (Å²) in [6.45, 7) is 5.50. The normalized spacial score (nSPS) is 13.1. The van der Waals surface area contributed by atoms with Crippen molar-refractivity contribution in [1.82, 2.24) is 15.1 Å². The maximum atomic E-state index is 13.9. The first-order valence-electron chi connectivity index (χ1n) is 8.51. The monoisotopic (exact) mass is 377 g/mol. The van der Waals surface area contributed by atoms with Crippen molar-refractivity contribution >= 4 is 11.9 Å². The average Bonchev–Trinajstić information content (AvgIpc) is 2.85. The molecular formula is C19H24FN3O4. The van der Waals surface area contributed by atoms with Gasteiger partial charge in [-0.1, -0.05) is 13.0 Å². The molecule has 2 aromatic rings. The molecule has 8 heteroatoms. The first-order chi connectivity index (χ1) is 12.6. The van der Waals surface area contributed by atoms with Gasteiger partial charge in [-0.05, 0) is 43.5 Å². The van der Waals surface area contributed by atoms with Crippen LogP contribution in [0.4, 0.5) is 4.39 Å². The Morgan fingerprint density at radius 2 is 2.04 bits per heavy atom. The molecule has 2 N–H and O–H groups in total. The zero-order valence-electron chi connectivity index (χ0n) is 16.0. The topological polar surface area (TPSA) is 93.5 Å². The maximum Gasteiger partial charge on any atom is 0.330 e. The van der Waals surface area contributed by atoms with Crippen molar-refractivity contribution in [3.63, 3.8) is 0 Å². The van der Waals surface area contributed by atoms with Gasteiger partial charge in [0.25, 0.3) is 0 Å². The molecule has 0 aliphatic rings. The van der Waals surface area contributed by atoms with Crippen molar-refractivity contribution in [1.29, 1.82) is 0 Å². The van der Waals surface area contributed by atoms with E-state index in [1.165, 1.54) is 19.2 Å². The van der Waals surface area contributed by atoms with E-state index in [2.05, 4.69) is 10.4 Å². The van der Waals surface area contributed by atoms with Gasteiger partial charge in [0.05, 0.1) is 12.8 Å². The van der Waals surface area contributed by atoms with Gasteiger partial charge in [-0.2, -0.15) is 5.10 Å². The van der Waals surface area contributed by atoms with E-state index in [0.29, 0.717) is 6.42 Å². The number of methoxy groups -OCH3 is 1. The third-order valence-corrected chi connectivity index (χ3v) is 4.66. The molecule has 0 aliphatic carbocycles. The Labute approximate surface area is 157 Å². The van der Waals surface area contributed by atoms with Crippen LogP contribution < -0.4 is 10.1 Å². The van der Waals surface area contributed by atoms with Crippen molar-refractivity contribution in [2.75, 3.05) is 7.11 Å². The molecule has 1 aromatic carbocycles. The largest absolute Gasteiger partial charge is 0.494 e. The highest BCUT2D eigenvalue weighted by atomic mass is 19.1. The van der Waals surface area contributed by atoms with Crippen molar-refractivity contribution in [3.8, 4) is 5.75 Å². The zero-order chi connectivity index (χ0) is 20.3. The van der Waals surface area contributed by atoms with E-state index in [1.807, 2.05) is 20.9 Å². The summed E-state index contributed by atoms with van der Waals surface area (Å²) >= 11 is 0. The van der Waals surface area contributed by atoms with Gasteiger partial charge in [-0.3, -0.25) is 9.48 Å². The van der Waals surface area contributed by atoms with E-state index < -0.39 is 29.7 Å². The molecule has 2 rings (SSSR count). The van der Waals surface area contributed by atoms with E-state index >= 15 is 0 Å². The van der Waals surface area contributed by atoms with E-state index in [0.717, 1.165) is 23.0 Å². The number of ether oxygens (including phenoxy) is 1. The summed E-state index contributed by atoms with van der Waals surface area (Å²) in [4.78, 5) is 24.2. The van der Waals surface area contributed by atoms with Crippen LogP contribution in [0.25, 0.3) is 0 Å². The van der Waals surface area contributed by atoms with Crippen molar-refractivity contribution in [3.05, 3.63) is 46.5 Å². The average molecular weight is 377 g/mol. The van der Waals surface area contributed by atoms with Crippen LogP contribution in [0.5, 0.6) is 5.75 Å². The van der Waals surface area contributed by atoms with Gasteiger partial charge in [0.1, 0.15) is 0 Å². The molecule has 0 saturated heterocycles. The van der Waals surface area contributed by atoms with Crippen LogP contribution in [-0.4, -0.2) is 33.9 Å². The fraction of sp³-hybridized carbons (Fsp3) is 0.421. The Bertz CT molecular complexity index is 863. The van der Waals surface area contributed by atoms with E-state index in [4.69, 9.17) is 4.74 Å². The molecule has 0 aliphatic heterocycles. The summed E-state index contributed by atoms with van der Waals surface area (Å²) in [6, 6.07) is 2.45. The number of carboxylic acids is 1. The summed E-state index contributed by atoms with van der Waals surface area (Å²) < 4.78 is 20.5. The summed E-state index contributed by atoms with van der Waals surface area (Å²) in [5, 5.41) is 16.3. The number of hydrogen-bond donors (Lipinski definition) is 2. The number of hydrogen-bond acceptors (Lipinski definition) is 4. The molecule has 146 valence electrons. The Hall–Kier alpha value is -2.90. The SMILES string of the molecule is COc1ccc(C(NC(=O)C(C)Cc2c(C)nn(C)c2C)C(=O)O)cc1F. The summed E-state index contributed by atoms with van der Waals surface area (Å²) in [7, 11) is 3.15. The van der Waals surface area contributed by atoms with Gasteiger partial charge in [0, 0.05) is 18.7 Å². The lowest BCUT2D eigenvalue weighted by molar-refractivity contribution is -0.142. The van der Waals surface area contributed by atoms with Gasteiger partial charge >= 0.3 is 5.97 Å². The number of aryl methyl sites for hydroxylation is 2. The number of carboxylic acid groups (broad SMARTS) is 1. The second kappa shape index (κ2) is 8.20. The standard InChI is InChI=1S/C19H24FN3O4/c1-10(8-14-11(2)22-23(4)12(14)3)18(24)21-17(19(25)26)13-6-7-16(27-5)15(20)9-13/h6-7,9-10,17H,8H2,1-5H3,(H,21,24)(H,25,26). The number of aromatic nitrogens is 2. The predicted octanol–water partition coefficient (Wildman–Crippen LogP) is 2.31. The zero-order valence-corrected chi connectivity index (χ0v) is 16.0. The Morgan fingerprint density at radius 3 is 2.52 bits per heavy atom. The molecule has 0 fully saturated rings. The number of aliphatic carboxylic acids is 1. The molecule has 1 amide bonds. The minimum atomic E-state index is -1.35. The van der Waals surface area contributed by atoms with E-state index in [1.54, 1.807) is 11.6 Å². The molecule has 1 aromatic heterocycles. The van der Waals surface area contributed by atoms with Crippen molar-refractivity contribution in [2.24, 2.45) is 13.0 Å². The molecule has 2 unspecified atom stereocenters. The highest BCUT2D eigenvalue weighted by Crippen LogP contribution is 2.23. The molecule has 0 radical (unpaired) electrons. The summed E-state index contributed by atoms with van der Waals surface area (Å²) in [5.74, 6) is -2.86. The first-order valence-corrected chi connectivity index (χ1v) is 8.51. The number of carbonyl (C=O) groups excluding carboxylic acids is 1. The Balaban J connectivity index is 2.17. The molecule has 1 heterocycles. The van der Waals surface area contributed by atoms with Gasteiger partial charge in [-0.25, -0.2) is 9.18 Å². The summed E-state index contributed by atoms with van der Waals surface area (Å²) in [5.41, 5.74) is 2.89. The molecule has 0 saturated carbocycles. The number of nitrogens with one attached hydrogen (secondary N) is 1. The molecular weight excluding hydrogens is 353 g/mol. The third-order valence-electron chi connectivity index (χ3n) is 4.66. The fourth-order valence-electron chi connectivity index (χ4n) is 2.95. The number of amides is 1. The lowest BCUT2D eigenvalue weighted by Gasteiger charge is -2.19. The number of rotatable bonds is 7. The van der Waals surface area contributed by atoms with Gasteiger partial charge in [-0.15, -0.1) is 0 Å². The number of carbonyl (C=O) groups is 2. The molecule has 7 nitrogen and oxygen atoms in total. The lowest BCUT2D eigenvalue weighted by Crippen LogP contribution is -2.37. The maximum absolute atomic E-state index is 13.9. The fourth-order valence-corrected chi connectivity index (χ4v) is 2.95. The number of nitrogens with zero attached hydrogens (tertiary/aromatic N) is 2. The molecule has 0 spiro atoms. The highest BCUT2D eigenvalue weighted by Gasteiger charge is 2.26. The second-order valence-electron chi connectivity index (χ2n) is 6.55. The van der Waals surface area contributed by atoms with Crippen LogP contribution in [0, 0.1) is 25.6 Å². The molecule has 2 atom stereocenters. The number of halogens is 1. The third kappa shape index (κ3) is 4.45. The lowest BCUT2D eigenvalue weighted by atomic mass is 9.97. The Morgan fingerprint density at radius 1 is 1.37 bits per heavy atom. The predicted molar refractivity (Wildman–Crippen MR) is 97.0 cm³/mol. The van der Waals surface area contributed by atoms with Crippen molar-refractivity contribution < 1.29 is 23.8 Å². The number of benzene rings is 1. The smallest absolute Gasteiger partial charge is 0.330 e. The minimum Gasteiger partial charge on any atom is -0.494 e. The van der Waals surface area contributed by atoms with Gasteiger partial charge in [0.15, 0.2) is 17.6 Å². The highest BCUT2D eigenvalue weighted by molar-refractivity contribution is 5.85. The van der Waals surface area contributed by atoms with E-state index in [-0.39, 0.29) is 11.3 Å². The van der Waals surface area contributed by atoms with Crippen LogP contribution in [0.2, 0.25) is 0 Å². The first kappa shape index (κ1) is 20.4. The van der Waals surface area contributed by atoms with Crippen LogP contribution in [0.15, 0.2) is 18.2 Å². The van der Waals surface area contributed by atoms with Crippen LogP contribution in [-0.2, 0) is 23.1 Å². The van der Waals surface area contributed by atoms with Crippen molar-refractivity contribution in [2.45, 2.75) is 33.2 Å². The van der Waals surface area contributed by atoms with Gasteiger partial charge in [0.2, 0.25) is 5.91 Å². The van der Waals surface area contributed by atoms with E-state index in [9.17, 15) is 19.1 Å². The van der Waals surface area contributed by atoms with Gasteiger partial charge < -0.3 is 15.2 Å². The second-order valence-corrected chi connectivity index (χ2v) is 6.55.